The minimum absolute atomic E-state index is 1.54. The van der Waals surface area contributed by atoms with Crippen LogP contribution in [-0.2, 0) is 116 Å². The van der Waals surface area contributed by atoms with Crippen LogP contribution in [0.2, 0.25) is 0 Å². The van der Waals surface area contributed by atoms with Crippen LogP contribution in [0.1, 0.15) is 0 Å². The van der Waals surface area contributed by atoms with Crippen molar-refractivity contribution in [3.63, 3.8) is 0 Å². The Morgan fingerprint density at radius 1 is 0.360 bits per heavy atom. The van der Waals surface area contributed by atoms with E-state index < -0.39 is 148 Å². The van der Waals surface area contributed by atoms with Crippen molar-refractivity contribution in [2.24, 2.45) is 0 Å². The van der Waals surface area contributed by atoms with Crippen LogP contribution >= 0.6 is 0 Å². The highest BCUT2D eigenvalue weighted by molar-refractivity contribution is 7.82. The molecule has 0 aromatic carbocycles. The fourth-order valence-corrected chi connectivity index (χ4v) is 6.91. The van der Waals surface area contributed by atoms with Gasteiger partial charge in [-0.25, -0.2) is 29.3 Å². The van der Waals surface area contributed by atoms with Crippen molar-refractivity contribution in [1.82, 2.24) is 0 Å². The maximum atomic E-state index is 11.7. The second-order valence-electron chi connectivity index (χ2n) is 8.95. The van der Waals surface area contributed by atoms with E-state index in [9.17, 15) is 77.1 Å². The zero-order valence-corrected chi connectivity index (χ0v) is 28.8. The Morgan fingerprint density at radius 3 is 0.980 bits per heavy atom. The zero-order chi connectivity index (χ0) is 38.9. The van der Waals surface area contributed by atoms with Crippen molar-refractivity contribution in [2.75, 3.05) is 19.8 Å². The normalized spacial score (nSPS) is 30.7. The molecule has 298 valence electrons. The fraction of sp³-hybridized carbons (Fsp3) is 1.00. The summed E-state index contributed by atoms with van der Waals surface area (Å²) in [5.41, 5.74) is 0. The first-order chi connectivity index (χ1) is 22.1. The molecule has 0 spiro atoms. The van der Waals surface area contributed by atoms with Crippen LogP contribution < -0.4 is 0 Å². The van der Waals surface area contributed by atoms with Crippen LogP contribution in [0.4, 0.5) is 0 Å². The quantitative estimate of drug-likeness (QED) is 0.0594. The lowest BCUT2D eigenvalue weighted by Crippen LogP contribution is -2.64. The van der Waals surface area contributed by atoms with E-state index in [2.05, 4.69) is 29.3 Å². The average Bonchev–Trinajstić information content (AvgIpc) is 3.14. The van der Waals surface area contributed by atoms with Crippen molar-refractivity contribution >= 4 is 72.8 Å². The Hall–Kier alpha value is -1.03. The molecule has 50 heavy (non-hydrogen) atoms. The van der Waals surface area contributed by atoms with Gasteiger partial charge >= 0.3 is 72.8 Å². The molecule has 0 bridgehead atoms. The lowest BCUT2D eigenvalue weighted by Gasteiger charge is -2.44. The van der Waals surface area contributed by atoms with Crippen LogP contribution in [0.3, 0.4) is 0 Å². The molecule has 2 aliphatic rings. The molecule has 38 heteroatoms. The van der Waals surface area contributed by atoms with E-state index in [1.54, 1.807) is 0 Å². The van der Waals surface area contributed by atoms with E-state index >= 15 is 0 Å². The van der Waals surface area contributed by atoms with E-state index in [-0.39, 0.29) is 0 Å². The maximum absolute atomic E-state index is 11.7. The van der Waals surface area contributed by atoms with Gasteiger partial charge in [-0.15, -0.1) is 0 Å². The van der Waals surface area contributed by atoms with Crippen LogP contribution in [0.15, 0.2) is 0 Å². The molecular weight excluding hydrogens is 865 g/mol. The third kappa shape index (κ3) is 16.8. The third-order valence-electron chi connectivity index (χ3n) is 5.36. The third-order valence-corrected chi connectivity index (χ3v) is 8.53. The van der Waals surface area contributed by atoms with E-state index in [0.717, 1.165) is 0 Å². The molecular formula is C12H22O31S7. The first-order valence-corrected chi connectivity index (χ1v) is 21.1. The first kappa shape index (κ1) is 45.1. The van der Waals surface area contributed by atoms with Gasteiger partial charge in [0.2, 0.25) is 0 Å². The largest absolute Gasteiger partial charge is 0.397 e. The van der Waals surface area contributed by atoms with Gasteiger partial charge in [-0.1, -0.05) is 0 Å². The monoisotopic (exact) mass is 886 g/mol. The minimum atomic E-state index is -6.02. The summed E-state index contributed by atoms with van der Waals surface area (Å²) in [5, 5.41) is 0. The summed E-state index contributed by atoms with van der Waals surface area (Å²) in [5.74, 6) is 0. The Kier molecular flexibility index (Phi) is 14.6. The van der Waals surface area contributed by atoms with Crippen LogP contribution in [-0.4, -0.2) is 166 Å². The Morgan fingerprint density at radius 2 is 0.640 bits per heavy atom. The van der Waals surface area contributed by atoms with E-state index in [1.165, 1.54) is 0 Å². The summed E-state index contributed by atoms with van der Waals surface area (Å²) >= 11 is 0. The SMILES string of the molecule is O=S(=O)(O)OC[C@@H]1O[C@H](COS(=O)(=O)O)[C@H](OS(=O)(=O)O)[C@@H]1O[C@@H]1O[C@H](COS(=O)(=O)O)[C@H](OS(=O)(=O)O)[C@H](OS(=O)(=O)O)[C@H]1OS(=O)(=O)O. The van der Waals surface area contributed by atoms with Gasteiger partial charge in [0.05, 0.1) is 19.8 Å². The molecule has 0 amide bonds. The number of hydrogen-bond donors (Lipinski definition) is 7. The van der Waals surface area contributed by atoms with Gasteiger partial charge in [0, 0.05) is 0 Å². The summed E-state index contributed by atoms with van der Waals surface area (Å²) in [6.07, 6.45) is -24.9. The predicted molar refractivity (Wildman–Crippen MR) is 140 cm³/mol. The van der Waals surface area contributed by atoms with Crippen LogP contribution in [0, 0.1) is 0 Å². The van der Waals surface area contributed by atoms with Gasteiger partial charge in [0.25, 0.3) is 0 Å². The molecule has 0 aromatic heterocycles. The molecule has 31 nitrogen and oxygen atoms in total. The molecule has 0 radical (unpaired) electrons. The van der Waals surface area contributed by atoms with E-state index in [0.29, 0.717) is 0 Å². The Balaban J connectivity index is 2.82. The second kappa shape index (κ2) is 16.1. The molecule has 2 fully saturated rings. The second-order valence-corrected chi connectivity index (χ2v) is 16.4. The van der Waals surface area contributed by atoms with E-state index in [4.69, 9.17) is 27.9 Å². The lowest BCUT2D eigenvalue weighted by molar-refractivity contribution is -0.304. The molecule has 0 aromatic rings. The summed E-state index contributed by atoms with van der Waals surface area (Å²) in [6.45, 7) is -4.89. The van der Waals surface area contributed by atoms with E-state index in [1.807, 2.05) is 0 Å². The highest BCUT2D eigenvalue weighted by Gasteiger charge is 2.57. The Labute approximate surface area is 281 Å². The van der Waals surface area contributed by atoms with Crippen molar-refractivity contribution in [3.8, 4) is 0 Å². The standard InChI is InChI=1S/C12H22O31S7/c13-44(14,15)34-1-4-7(8(40-47(22,23)24)5(37-4)2-35-45(16,17)18)39-12-11(43-50(31,32)33)10(42-49(28,29)30)9(41-48(25,26)27)6(38-12)3-36-46(19,20)21/h4-12H,1-3H2,(H,13,14,15)(H,16,17,18)(H,19,20,21)(H,22,23,24)(H,25,26,27)(H,28,29,30)(H,31,32,33)/t4-,5+,6+,7+,8-,9-,10-,11+,12-/m0/s1. The van der Waals surface area contributed by atoms with Gasteiger partial charge in [-0.05, 0) is 0 Å². The molecule has 0 aliphatic carbocycles. The number of rotatable bonds is 19. The van der Waals surface area contributed by atoms with Crippen molar-refractivity contribution in [1.29, 1.82) is 0 Å². The number of hydrogen-bond acceptors (Lipinski definition) is 24. The molecule has 7 N–H and O–H groups in total. The average molecular weight is 887 g/mol. The van der Waals surface area contributed by atoms with Gasteiger partial charge in [0.1, 0.15) is 42.7 Å². The molecule has 0 saturated carbocycles. The molecule has 2 saturated heterocycles. The first-order valence-electron chi connectivity index (χ1n) is 11.6. The Bertz CT molecular complexity index is 1970. The van der Waals surface area contributed by atoms with Crippen LogP contribution in [0.5, 0.6) is 0 Å². The van der Waals surface area contributed by atoms with Gasteiger partial charge < -0.3 is 14.2 Å². The van der Waals surface area contributed by atoms with Gasteiger partial charge in [0.15, 0.2) is 12.4 Å². The number of ether oxygens (including phenoxy) is 3. The summed E-state index contributed by atoms with van der Waals surface area (Å²) < 4.78 is 268. The summed E-state index contributed by atoms with van der Waals surface area (Å²) in [6, 6.07) is 0. The van der Waals surface area contributed by atoms with Gasteiger partial charge in [-0.3, -0.25) is 31.9 Å². The van der Waals surface area contributed by atoms with Crippen molar-refractivity contribution < 1.29 is 134 Å². The summed E-state index contributed by atoms with van der Waals surface area (Å²) in [7, 11) is -40.3. The molecule has 2 aliphatic heterocycles. The highest BCUT2D eigenvalue weighted by atomic mass is 32.3. The summed E-state index contributed by atoms with van der Waals surface area (Å²) in [4.78, 5) is 0. The molecule has 2 rings (SSSR count). The van der Waals surface area contributed by atoms with Crippen molar-refractivity contribution in [2.45, 2.75) is 55.1 Å². The maximum Gasteiger partial charge on any atom is 0.397 e. The molecule has 0 unspecified atom stereocenters. The fourth-order valence-electron chi connectivity index (χ4n) is 3.98. The van der Waals surface area contributed by atoms with Gasteiger partial charge in [-0.2, -0.15) is 58.9 Å². The van der Waals surface area contributed by atoms with Crippen molar-refractivity contribution in [3.05, 3.63) is 0 Å². The molecule has 9 atom stereocenters. The topological polar surface area (TPSA) is 473 Å². The smallest absolute Gasteiger partial charge is 0.364 e. The zero-order valence-electron chi connectivity index (χ0n) is 23.1. The highest BCUT2D eigenvalue weighted by Crippen LogP contribution is 2.36. The van der Waals surface area contributed by atoms with Crippen LogP contribution in [0.25, 0.3) is 0 Å². The minimum Gasteiger partial charge on any atom is -0.364 e. The lowest BCUT2D eigenvalue weighted by atomic mass is 9.99. The molecule has 2 heterocycles. The predicted octanol–water partition coefficient (Wildman–Crippen LogP) is -5.93.